The summed E-state index contributed by atoms with van der Waals surface area (Å²) in [5.74, 6) is 0. The molecule has 6 nitrogen and oxygen atoms in total. The summed E-state index contributed by atoms with van der Waals surface area (Å²) in [7, 11) is 0. The number of nitrogens with zero attached hydrogens (tertiary/aromatic N) is 4. The van der Waals surface area contributed by atoms with Crippen LogP contribution >= 0.6 is 11.3 Å². The highest BCUT2D eigenvalue weighted by molar-refractivity contribution is 7.26. The number of hydrogen-bond acceptors (Lipinski definition) is 4. The zero-order chi connectivity index (χ0) is 49.5. The van der Waals surface area contributed by atoms with E-state index in [1.54, 1.807) is 11.3 Å². The molecule has 0 bridgehead atoms. The maximum atomic E-state index is 12.3. The Kier molecular flexibility index (Phi) is 8.65. The highest BCUT2D eigenvalue weighted by atomic mass is 32.1. The number of nitriles is 1. The number of rotatable bonds is 5. The lowest BCUT2D eigenvalue weighted by atomic mass is 9.88. The predicted molar refractivity (Wildman–Crippen MR) is 310 cm³/mol. The van der Waals surface area contributed by atoms with Gasteiger partial charge in [-0.25, -0.2) is 4.85 Å². The molecular formula is C68H36N4O2S. The minimum absolute atomic E-state index is 0.330. The van der Waals surface area contributed by atoms with Gasteiger partial charge in [0.2, 0.25) is 5.69 Å². The molecule has 0 unspecified atom stereocenters. The van der Waals surface area contributed by atoms with E-state index < -0.39 is 0 Å². The van der Waals surface area contributed by atoms with Crippen molar-refractivity contribution in [2.45, 2.75) is 0 Å². The summed E-state index contributed by atoms with van der Waals surface area (Å²) in [5, 5.41) is 22.5. The molecule has 75 heavy (non-hydrogen) atoms. The third-order valence-corrected chi connectivity index (χ3v) is 16.6. The van der Waals surface area contributed by atoms with Crippen LogP contribution in [0.5, 0.6) is 0 Å². The number of aromatic nitrogens is 2. The summed E-state index contributed by atoms with van der Waals surface area (Å²) in [4.78, 5) is 4.66. The van der Waals surface area contributed by atoms with Crippen LogP contribution < -0.4 is 0 Å². The van der Waals surface area contributed by atoms with Gasteiger partial charge >= 0.3 is 0 Å². The highest BCUT2D eigenvalue weighted by Crippen LogP contribution is 2.55. The van der Waals surface area contributed by atoms with Crippen molar-refractivity contribution >= 4 is 125 Å². The zero-order valence-electron chi connectivity index (χ0n) is 39.8. The van der Waals surface area contributed by atoms with Crippen LogP contribution in [0.1, 0.15) is 5.56 Å². The summed E-state index contributed by atoms with van der Waals surface area (Å²) in [6.45, 7) is 9.60. The Morgan fingerprint density at radius 2 is 0.867 bits per heavy atom. The van der Waals surface area contributed by atoms with Crippen molar-refractivity contribution in [2.75, 3.05) is 0 Å². The number of furan rings is 2. The van der Waals surface area contributed by atoms with E-state index in [9.17, 15) is 11.8 Å². The van der Waals surface area contributed by atoms with Crippen LogP contribution in [-0.4, -0.2) is 9.13 Å². The first-order valence-electron chi connectivity index (χ1n) is 24.9. The lowest BCUT2D eigenvalue weighted by Crippen LogP contribution is -2.09. The minimum atomic E-state index is 0.330. The molecule has 0 N–H and O–H groups in total. The summed E-state index contributed by atoms with van der Waals surface area (Å²) < 4.78 is 21.1. The second kappa shape index (κ2) is 15.7. The van der Waals surface area contributed by atoms with Crippen molar-refractivity contribution in [1.82, 2.24) is 9.13 Å². The first kappa shape index (κ1) is 41.4. The SMILES string of the molecule is [C-]#[N+]c1c(-c2ccccc2)c(C#N)c(-n2c3c(-c4ccccc4)cccc3c3ccc4c5ccccc5sc4c32)c(-c2ccccc2)c1-n1c2c(ccc3c4ccccc4oc32)c2ccc3c4ccccc4oc3c21. The Bertz CT molecular complexity index is 5070. The second-order valence-corrected chi connectivity index (χ2v) is 20.2. The van der Waals surface area contributed by atoms with E-state index in [2.05, 4.69) is 147 Å². The van der Waals surface area contributed by atoms with Crippen LogP contribution in [0.15, 0.2) is 227 Å². The van der Waals surface area contributed by atoms with Gasteiger partial charge in [0, 0.05) is 75.3 Å². The fourth-order valence-electron chi connectivity index (χ4n) is 12.3. The van der Waals surface area contributed by atoms with Crippen LogP contribution in [-0.2, 0) is 0 Å². The molecule has 5 heterocycles. The van der Waals surface area contributed by atoms with E-state index in [-0.39, 0.29) is 0 Å². The first-order valence-corrected chi connectivity index (χ1v) is 25.7. The summed E-state index contributed by atoms with van der Waals surface area (Å²) in [6, 6.07) is 78.4. The minimum Gasteiger partial charge on any atom is -0.454 e. The van der Waals surface area contributed by atoms with Gasteiger partial charge in [-0.3, -0.25) is 0 Å². The Labute approximate surface area is 431 Å². The van der Waals surface area contributed by atoms with Gasteiger partial charge in [-0.1, -0.05) is 188 Å². The molecule has 16 rings (SSSR count). The molecule has 0 aliphatic heterocycles. The molecule has 16 aromatic rings. The van der Waals surface area contributed by atoms with E-state index >= 15 is 0 Å². The smallest absolute Gasteiger partial charge is 0.220 e. The molecule has 0 spiro atoms. The predicted octanol–water partition coefficient (Wildman–Crippen LogP) is 19.5. The van der Waals surface area contributed by atoms with E-state index in [1.807, 2.05) is 91.0 Å². The van der Waals surface area contributed by atoms with Crippen molar-refractivity contribution in [1.29, 1.82) is 5.26 Å². The molecule has 5 aromatic heterocycles. The van der Waals surface area contributed by atoms with Gasteiger partial charge in [-0.2, -0.15) is 5.26 Å². The monoisotopic (exact) mass is 972 g/mol. The van der Waals surface area contributed by atoms with Gasteiger partial charge in [0.15, 0.2) is 11.2 Å². The fourth-order valence-corrected chi connectivity index (χ4v) is 13.5. The molecule has 0 radical (unpaired) electrons. The van der Waals surface area contributed by atoms with E-state index in [4.69, 9.17) is 8.83 Å². The van der Waals surface area contributed by atoms with Crippen molar-refractivity contribution in [3.05, 3.63) is 235 Å². The average Bonchev–Trinajstić information content (AvgIpc) is 4.44. The first-order chi connectivity index (χ1) is 37.2. The molecule has 0 saturated carbocycles. The highest BCUT2D eigenvalue weighted by Gasteiger charge is 2.34. The van der Waals surface area contributed by atoms with Crippen molar-refractivity contribution in [3.63, 3.8) is 0 Å². The molecule has 0 aliphatic carbocycles. The van der Waals surface area contributed by atoms with E-state index in [1.165, 1.54) is 10.1 Å². The molecule has 346 valence electrons. The third-order valence-electron chi connectivity index (χ3n) is 15.4. The Morgan fingerprint density at radius 3 is 1.47 bits per heavy atom. The molecule has 0 fully saturated rings. The normalized spacial score (nSPS) is 12.0. The van der Waals surface area contributed by atoms with E-state index in [0.717, 1.165) is 114 Å². The van der Waals surface area contributed by atoms with E-state index in [0.29, 0.717) is 39.4 Å². The van der Waals surface area contributed by atoms with Gasteiger partial charge in [0.05, 0.1) is 50.3 Å². The van der Waals surface area contributed by atoms with Crippen molar-refractivity contribution in [2.24, 2.45) is 0 Å². The number of fused-ring (bicyclic) bond motifs is 18. The Morgan fingerprint density at radius 1 is 0.400 bits per heavy atom. The molecule has 0 atom stereocenters. The largest absolute Gasteiger partial charge is 0.454 e. The van der Waals surface area contributed by atoms with Crippen LogP contribution in [0.4, 0.5) is 5.69 Å². The van der Waals surface area contributed by atoms with Crippen LogP contribution in [0.2, 0.25) is 0 Å². The number of hydrogen-bond donors (Lipinski definition) is 0. The third kappa shape index (κ3) is 5.65. The molecule has 0 saturated heterocycles. The summed E-state index contributed by atoms with van der Waals surface area (Å²) in [6.07, 6.45) is 0. The van der Waals surface area contributed by atoms with Crippen LogP contribution in [0.25, 0.3) is 157 Å². The topological polar surface area (TPSA) is 64.3 Å². The molecule has 0 aliphatic rings. The number of para-hydroxylation sites is 3. The van der Waals surface area contributed by atoms with Crippen LogP contribution in [0, 0.1) is 17.9 Å². The average molecular weight is 973 g/mol. The lowest BCUT2D eigenvalue weighted by molar-refractivity contribution is 0.669. The maximum Gasteiger partial charge on any atom is 0.220 e. The lowest BCUT2D eigenvalue weighted by Gasteiger charge is -2.26. The second-order valence-electron chi connectivity index (χ2n) is 19.2. The van der Waals surface area contributed by atoms with Gasteiger partial charge in [-0.05, 0) is 47.0 Å². The molecule has 0 amide bonds. The molecular weight excluding hydrogens is 937 g/mol. The van der Waals surface area contributed by atoms with Gasteiger partial charge in [-0.15, -0.1) is 11.3 Å². The molecule has 7 heteroatoms. The van der Waals surface area contributed by atoms with Crippen molar-refractivity contribution in [3.8, 4) is 50.8 Å². The Balaban J connectivity index is 1.24. The van der Waals surface area contributed by atoms with Gasteiger partial charge < -0.3 is 18.0 Å². The fraction of sp³-hybridized carbons (Fsp3) is 0. The number of benzene rings is 11. The maximum absolute atomic E-state index is 12.3. The standard InChI is InChI=1S/C68H36N4O2S/c1-70-59-57(40-20-7-3-8-21-40)53(38-69)61(71-60-42(39-18-5-2-6-19-39)27-17-28-46(60)49-34-37-52-45-26-13-16-31-56(45)75-68(52)64(49)71)58(41-22-9-4-10-23-41)65(59)72-62-47(32-35-50-43-24-11-14-29-54(43)73-66(50)62)48-33-36-51-44-25-12-15-30-55(44)74-67(51)63(48)72/h2-37H. The Hall–Kier alpha value is -10.2. The van der Waals surface area contributed by atoms with Gasteiger partial charge in [0.1, 0.15) is 17.2 Å². The van der Waals surface area contributed by atoms with Gasteiger partial charge in [0.25, 0.3) is 0 Å². The molecule has 11 aromatic carbocycles. The van der Waals surface area contributed by atoms with Crippen LogP contribution in [0.3, 0.4) is 0 Å². The quantitative estimate of drug-likeness (QED) is 0.161. The summed E-state index contributed by atoms with van der Waals surface area (Å²) in [5.41, 5.74) is 13.3. The summed E-state index contributed by atoms with van der Waals surface area (Å²) >= 11 is 1.77. The number of thiophene rings is 1. The zero-order valence-corrected chi connectivity index (χ0v) is 40.6. The van der Waals surface area contributed by atoms with Crippen molar-refractivity contribution < 1.29 is 8.83 Å².